The van der Waals surface area contributed by atoms with E-state index in [0.717, 1.165) is 82.6 Å². The number of hydrogen-bond donors (Lipinski definition) is 2. The Labute approximate surface area is 255 Å². The van der Waals surface area contributed by atoms with Gasteiger partial charge in [0.15, 0.2) is 0 Å². The number of anilines is 3. The van der Waals surface area contributed by atoms with Crippen molar-refractivity contribution in [3.8, 4) is 5.75 Å². The number of benzene rings is 3. The number of methoxy groups -OCH3 is 1. The zero-order chi connectivity index (χ0) is 29.3. The molecule has 3 aromatic carbocycles. The van der Waals surface area contributed by atoms with Crippen molar-refractivity contribution in [3.63, 3.8) is 0 Å². The zero-order valence-corrected chi connectivity index (χ0v) is 25.6. The largest absolute Gasteiger partial charge is 0.495 e. The minimum Gasteiger partial charge on any atom is -0.495 e. The second kappa shape index (κ2) is 14.5. The number of ether oxygens (including phenoxy) is 2. The number of nitrogens with one attached hydrogen (secondary N) is 2. The molecule has 0 bridgehead atoms. The van der Waals surface area contributed by atoms with Crippen LogP contribution in [-0.4, -0.2) is 89.4 Å². The number of morpholine rings is 1. The lowest BCUT2D eigenvalue weighted by atomic mass is 10.1. The molecule has 2 aliphatic heterocycles. The number of halogens is 1. The molecule has 0 unspecified atom stereocenters. The van der Waals surface area contributed by atoms with Crippen molar-refractivity contribution in [1.82, 2.24) is 10.2 Å². The third-order valence-electron chi connectivity index (χ3n) is 7.70. The van der Waals surface area contributed by atoms with Crippen LogP contribution in [0, 0.1) is 0 Å². The molecule has 0 spiro atoms. The zero-order valence-electron chi connectivity index (χ0n) is 24.0. The Morgan fingerprint density at radius 3 is 2.26 bits per heavy atom. The van der Waals surface area contributed by atoms with Gasteiger partial charge in [-0.1, -0.05) is 24.3 Å². The highest BCUT2D eigenvalue weighted by Crippen LogP contribution is 2.31. The molecule has 2 aliphatic rings. The van der Waals surface area contributed by atoms with Crippen molar-refractivity contribution in [2.45, 2.75) is 6.42 Å². The van der Waals surface area contributed by atoms with E-state index in [1.165, 1.54) is 0 Å². The van der Waals surface area contributed by atoms with Crippen LogP contribution in [-0.2, 0) is 4.74 Å². The lowest BCUT2D eigenvalue weighted by Crippen LogP contribution is -2.47. The molecular weight excluding hydrogens is 598 g/mol. The lowest BCUT2D eigenvalue weighted by molar-refractivity contribution is 0.0374. The Hall–Kier alpha value is -3.60. The van der Waals surface area contributed by atoms with Crippen molar-refractivity contribution in [2.24, 2.45) is 0 Å². The van der Waals surface area contributed by atoms with Gasteiger partial charge < -0.3 is 29.9 Å². The molecule has 2 heterocycles. The van der Waals surface area contributed by atoms with Crippen LogP contribution in [0.5, 0.6) is 5.75 Å². The van der Waals surface area contributed by atoms with E-state index in [2.05, 4.69) is 47.3 Å². The maximum absolute atomic E-state index is 13.6. The predicted octanol–water partition coefficient (Wildman–Crippen LogP) is 4.49. The van der Waals surface area contributed by atoms with Crippen LogP contribution < -0.4 is 25.2 Å². The van der Waals surface area contributed by atoms with E-state index in [1.54, 1.807) is 19.2 Å². The van der Waals surface area contributed by atoms with Gasteiger partial charge in [-0.3, -0.25) is 14.5 Å². The average molecular weight is 637 g/mol. The van der Waals surface area contributed by atoms with E-state index in [1.807, 2.05) is 48.5 Å². The molecule has 10 heteroatoms. The molecule has 2 fully saturated rings. The molecule has 42 heavy (non-hydrogen) atoms. The Morgan fingerprint density at radius 2 is 1.52 bits per heavy atom. The number of piperazine rings is 1. The minimum atomic E-state index is -0.238. The fraction of sp³-hybridized carbons (Fsp3) is 0.375. The Kier molecular flexibility index (Phi) is 10.3. The molecule has 0 atom stereocenters. The van der Waals surface area contributed by atoms with Gasteiger partial charge in [0.1, 0.15) is 5.75 Å². The average Bonchev–Trinajstić information content (AvgIpc) is 3.03. The Balaban J connectivity index is 1.30. The molecule has 5 rings (SSSR count). The molecule has 2 saturated heterocycles. The number of hydrogen-bond acceptors (Lipinski definition) is 7. The highest BCUT2D eigenvalue weighted by molar-refractivity contribution is 9.10. The van der Waals surface area contributed by atoms with E-state index in [4.69, 9.17) is 9.47 Å². The molecule has 2 N–H and O–H groups in total. The molecule has 2 amide bonds. The molecule has 3 aromatic rings. The molecule has 0 aliphatic carbocycles. The molecular formula is C32H38BrN5O4. The first-order valence-corrected chi connectivity index (χ1v) is 15.2. The van der Waals surface area contributed by atoms with Crippen LogP contribution in [0.25, 0.3) is 0 Å². The standard InChI is InChI=1S/C32H38BrN5O4/c1-41-30-10-5-4-9-29(30)38-17-15-37(16-18-38)28-12-11-24(35-32(40)25-7-2-3-8-27(25)33)23-26(28)31(39)34-13-6-14-36-19-21-42-22-20-36/h2-5,7-12,23H,6,13-22H2,1H3,(H,34,39)(H,35,40). The first kappa shape index (κ1) is 29.9. The summed E-state index contributed by atoms with van der Waals surface area (Å²) in [6.45, 7) is 7.96. The number of nitrogens with zero attached hydrogens (tertiary/aromatic N) is 3. The van der Waals surface area contributed by atoms with Gasteiger partial charge in [0.2, 0.25) is 0 Å². The summed E-state index contributed by atoms with van der Waals surface area (Å²) in [4.78, 5) is 33.5. The van der Waals surface area contributed by atoms with Crippen LogP contribution in [0.1, 0.15) is 27.1 Å². The van der Waals surface area contributed by atoms with Gasteiger partial charge in [-0.15, -0.1) is 0 Å². The second-order valence-electron chi connectivity index (χ2n) is 10.4. The SMILES string of the molecule is COc1ccccc1N1CCN(c2ccc(NC(=O)c3ccccc3Br)cc2C(=O)NCCCN2CCOCC2)CC1. The van der Waals surface area contributed by atoms with Crippen LogP contribution in [0.3, 0.4) is 0 Å². The van der Waals surface area contributed by atoms with E-state index in [0.29, 0.717) is 27.8 Å². The smallest absolute Gasteiger partial charge is 0.256 e. The summed E-state index contributed by atoms with van der Waals surface area (Å²) >= 11 is 3.45. The number of rotatable bonds is 10. The molecule has 0 saturated carbocycles. The van der Waals surface area contributed by atoms with Crippen molar-refractivity contribution < 1.29 is 19.1 Å². The molecule has 222 valence electrons. The third-order valence-corrected chi connectivity index (χ3v) is 8.40. The fourth-order valence-electron chi connectivity index (χ4n) is 5.42. The summed E-state index contributed by atoms with van der Waals surface area (Å²) in [6.07, 6.45) is 0.858. The highest BCUT2D eigenvalue weighted by Gasteiger charge is 2.24. The summed E-state index contributed by atoms with van der Waals surface area (Å²) < 4.78 is 11.7. The number of carbonyl (C=O) groups excluding carboxylic acids is 2. The van der Waals surface area contributed by atoms with E-state index in [-0.39, 0.29) is 11.8 Å². The van der Waals surface area contributed by atoms with Crippen LogP contribution in [0.2, 0.25) is 0 Å². The Morgan fingerprint density at radius 1 is 0.833 bits per heavy atom. The fourth-order valence-corrected chi connectivity index (χ4v) is 5.88. The normalized spacial score (nSPS) is 15.8. The summed E-state index contributed by atoms with van der Waals surface area (Å²) in [7, 11) is 1.69. The summed E-state index contributed by atoms with van der Waals surface area (Å²) in [5.74, 6) is 0.474. The van der Waals surface area contributed by atoms with Gasteiger partial charge in [-0.2, -0.15) is 0 Å². The quantitative estimate of drug-likeness (QED) is 0.318. The third kappa shape index (κ3) is 7.42. The number of amides is 2. The van der Waals surface area contributed by atoms with Crippen molar-refractivity contribution >= 4 is 44.8 Å². The highest BCUT2D eigenvalue weighted by atomic mass is 79.9. The molecule has 0 radical (unpaired) electrons. The first-order valence-electron chi connectivity index (χ1n) is 14.4. The summed E-state index contributed by atoms with van der Waals surface area (Å²) in [5.41, 5.74) is 3.59. The van der Waals surface area contributed by atoms with Gasteiger partial charge in [0.25, 0.3) is 11.8 Å². The predicted molar refractivity (Wildman–Crippen MR) is 170 cm³/mol. The maximum atomic E-state index is 13.6. The van der Waals surface area contributed by atoms with Crippen LogP contribution in [0.15, 0.2) is 71.2 Å². The topological polar surface area (TPSA) is 86.4 Å². The van der Waals surface area contributed by atoms with E-state index < -0.39 is 0 Å². The van der Waals surface area contributed by atoms with Crippen LogP contribution >= 0.6 is 15.9 Å². The van der Waals surface area contributed by atoms with Gasteiger partial charge in [0, 0.05) is 61.7 Å². The van der Waals surface area contributed by atoms with Crippen molar-refractivity contribution in [3.05, 3.63) is 82.3 Å². The van der Waals surface area contributed by atoms with Crippen molar-refractivity contribution in [1.29, 1.82) is 0 Å². The monoisotopic (exact) mass is 635 g/mol. The Bertz CT molecular complexity index is 1370. The summed E-state index contributed by atoms with van der Waals surface area (Å²) in [5, 5.41) is 6.09. The van der Waals surface area contributed by atoms with Crippen LogP contribution in [0.4, 0.5) is 17.1 Å². The van der Waals surface area contributed by atoms with Crippen molar-refractivity contribution in [2.75, 3.05) is 87.8 Å². The van der Waals surface area contributed by atoms with Gasteiger partial charge in [-0.25, -0.2) is 0 Å². The van der Waals surface area contributed by atoms with Gasteiger partial charge in [0.05, 0.1) is 37.1 Å². The number of carbonyl (C=O) groups is 2. The molecule has 0 aromatic heterocycles. The first-order chi connectivity index (χ1) is 20.5. The van der Waals surface area contributed by atoms with E-state index in [9.17, 15) is 9.59 Å². The maximum Gasteiger partial charge on any atom is 0.256 e. The summed E-state index contributed by atoms with van der Waals surface area (Å²) in [6, 6.07) is 20.9. The van der Waals surface area contributed by atoms with E-state index >= 15 is 0 Å². The van der Waals surface area contributed by atoms with Gasteiger partial charge in [-0.05, 0) is 71.4 Å². The lowest BCUT2D eigenvalue weighted by Gasteiger charge is -2.38. The second-order valence-corrected chi connectivity index (χ2v) is 11.2. The van der Waals surface area contributed by atoms with Gasteiger partial charge >= 0.3 is 0 Å². The number of para-hydroxylation sites is 2. The molecule has 9 nitrogen and oxygen atoms in total. The minimum absolute atomic E-state index is 0.142.